The minimum Gasteiger partial charge on any atom is -0.363 e. The van der Waals surface area contributed by atoms with Crippen molar-refractivity contribution < 1.29 is 0 Å². The Kier molecular flexibility index (Phi) is 4.45. The van der Waals surface area contributed by atoms with Crippen LogP contribution in [0.1, 0.15) is 45.4 Å². The molecular weight excluding hydrogens is 264 g/mol. The normalized spacial score (nSPS) is 32.9. The molecular formula is C17H26N2S. The van der Waals surface area contributed by atoms with E-state index in [0.717, 1.165) is 35.3 Å². The first-order chi connectivity index (χ1) is 9.78. The molecule has 0 spiro atoms. The van der Waals surface area contributed by atoms with E-state index in [4.69, 9.17) is 12.2 Å². The van der Waals surface area contributed by atoms with Gasteiger partial charge in [0.2, 0.25) is 0 Å². The second-order valence-electron chi connectivity index (χ2n) is 6.50. The van der Waals surface area contributed by atoms with Crippen LogP contribution in [0.25, 0.3) is 0 Å². The Hall–Kier alpha value is -0.830. The van der Waals surface area contributed by atoms with Crippen LogP contribution in [0.15, 0.2) is 23.9 Å². The molecule has 0 aromatic heterocycles. The average molecular weight is 290 g/mol. The Morgan fingerprint density at radius 2 is 2.10 bits per heavy atom. The molecule has 0 radical (unpaired) electrons. The maximum absolute atomic E-state index is 5.25. The maximum Gasteiger partial charge on any atom is 0.170 e. The van der Waals surface area contributed by atoms with E-state index >= 15 is 0 Å². The fourth-order valence-corrected chi connectivity index (χ4v) is 4.47. The van der Waals surface area contributed by atoms with Crippen molar-refractivity contribution in [3.05, 3.63) is 23.9 Å². The highest BCUT2D eigenvalue weighted by molar-refractivity contribution is 7.80. The standard InChI is InChI=1S/C17H26N2S/c1-2-18-17(20)19-14-8-9-15-13(10-14)11-16(15)12-6-4-3-5-7-12/h8-10,12-13,15-16H,2-7,11H2,1H3,(H2,18,19,20). The van der Waals surface area contributed by atoms with Crippen molar-refractivity contribution in [3.63, 3.8) is 0 Å². The summed E-state index contributed by atoms with van der Waals surface area (Å²) in [7, 11) is 0. The van der Waals surface area contributed by atoms with Gasteiger partial charge in [-0.3, -0.25) is 0 Å². The molecule has 0 aromatic carbocycles. The largest absolute Gasteiger partial charge is 0.363 e. The van der Waals surface area contributed by atoms with E-state index in [1.54, 1.807) is 0 Å². The molecule has 3 heteroatoms. The predicted molar refractivity (Wildman–Crippen MR) is 88.3 cm³/mol. The zero-order chi connectivity index (χ0) is 13.9. The van der Waals surface area contributed by atoms with Crippen LogP contribution in [0.5, 0.6) is 0 Å². The first-order valence-electron chi connectivity index (χ1n) is 8.23. The van der Waals surface area contributed by atoms with Crippen LogP contribution in [0.2, 0.25) is 0 Å². The van der Waals surface area contributed by atoms with Gasteiger partial charge in [0.05, 0.1) is 0 Å². The Balaban J connectivity index is 1.54. The van der Waals surface area contributed by atoms with Crippen LogP contribution in [0, 0.1) is 23.7 Å². The molecule has 0 bridgehead atoms. The van der Waals surface area contributed by atoms with Crippen molar-refractivity contribution in [2.45, 2.75) is 45.4 Å². The molecule has 20 heavy (non-hydrogen) atoms. The lowest BCUT2D eigenvalue weighted by Crippen LogP contribution is -2.42. The van der Waals surface area contributed by atoms with Gasteiger partial charge in [0, 0.05) is 12.2 Å². The molecule has 0 aliphatic heterocycles. The summed E-state index contributed by atoms with van der Waals surface area (Å²) in [6.45, 7) is 2.94. The number of hydrogen-bond donors (Lipinski definition) is 2. The number of thiocarbonyl (C=S) groups is 1. The number of fused-ring (bicyclic) bond motifs is 1. The van der Waals surface area contributed by atoms with Crippen molar-refractivity contribution in [2.24, 2.45) is 23.7 Å². The summed E-state index contributed by atoms with van der Waals surface area (Å²) in [5.74, 6) is 3.51. The van der Waals surface area contributed by atoms with Gasteiger partial charge in [-0.15, -0.1) is 0 Å². The molecule has 3 aliphatic carbocycles. The Morgan fingerprint density at radius 3 is 2.80 bits per heavy atom. The zero-order valence-electron chi connectivity index (χ0n) is 12.4. The van der Waals surface area contributed by atoms with Gasteiger partial charge in [-0.05, 0) is 55.3 Å². The summed E-state index contributed by atoms with van der Waals surface area (Å²) in [6, 6.07) is 0. The van der Waals surface area contributed by atoms with Crippen LogP contribution in [0.4, 0.5) is 0 Å². The fourth-order valence-electron chi connectivity index (χ4n) is 4.20. The molecule has 0 heterocycles. The van der Waals surface area contributed by atoms with E-state index in [1.807, 2.05) is 0 Å². The monoisotopic (exact) mass is 290 g/mol. The minimum absolute atomic E-state index is 0.741. The van der Waals surface area contributed by atoms with Gasteiger partial charge < -0.3 is 10.6 Å². The van der Waals surface area contributed by atoms with Crippen molar-refractivity contribution in [1.29, 1.82) is 0 Å². The highest BCUT2D eigenvalue weighted by Crippen LogP contribution is 2.51. The van der Waals surface area contributed by atoms with E-state index in [2.05, 4.69) is 35.8 Å². The van der Waals surface area contributed by atoms with Crippen LogP contribution in [-0.4, -0.2) is 11.7 Å². The molecule has 3 atom stereocenters. The quantitative estimate of drug-likeness (QED) is 0.774. The second kappa shape index (κ2) is 6.30. The first-order valence-corrected chi connectivity index (χ1v) is 8.63. The van der Waals surface area contributed by atoms with Gasteiger partial charge in [0.15, 0.2) is 5.11 Å². The Morgan fingerprint density at radius 1 is 1.30 bits per heavy atom. The smallest absolute Gasteiger partial charge is 0.170 e. The van der Waals surface area contributed by atoms with Gasteiger partial charge in [0.1, 0.15) is 0 Å². The maximum atomic E-state index is 5.25. The van der Waals surface area contributed by atoms with Crippen molar-refractivity contribution in [2.75, 3.05) is 6.54 Å². The zero-order valence-corrected chi connectivity index (χ0v) is 13.2. The Bertz CT molecular complexity index is 421. The third kappa shape index (κ3) is 2.93. The van der Waals surface area contributed by atoms with Crippen LogP contribution in [-0.2, 0) is 0 Å². The number of nitrogens with one attached hydrogen (secondary N) is 2. The van der Waals surface area contributed by atoms with E-state index in [1.165, 1.54) is 44.2 Å². The van der Waals surface area contributed by atoms with E-state index < -0.39 is 0 Å². The van der Waals surface area contributed by atoms with Crippen LogP contribution < -0.4 is 10.6 Å². The third-order valence-corrected chi connectivity index (χ3v) is 5.52. The first kappa shape index (κ1) is 14.1. The van der Waals surface area contributed by atoms with Crippen molar-refractivity contribution in [3.8, 4) is 0 Å². The summed E-state index contributed by atoms with van der Waals surface area (Å²) >= 11 is 5.25. The second-order valence-corrected chi connectivity index (χ2v) is 6.91. The molecule has 3 aliphatic rings. The van der Waals surface area contributed by atoms with Gasteiger partial charge in [0.25, 0.3) is 0 Å². The molecule has 3 unspecified atom stereocenters. The van der Waals surface area contributed by atoms with Crippen LogP contribution >= 0.6 is 12.2 Å². The molecule has 0 amide bonds. The SMILES string of the molecule is CCNC(=S)NC1=CC2CC(C3CCCCC3)C2C=C1. The summed E-state index contributed by atoms with van der Waals surface area (Å²) in [5, 5.41) is 7.18. The molecule has 2 fully saturated rings. The highest BCUT2D eigenvalue weighted by atomic mass is 32.1. The van der Waals surface area contributed by atoms with E-state index in [9.17, 15) is 0 Å². The number of allylic oxidation sites excluding steroid dienone is 3. The van der Waals surface area contributed by atoms with Crippen molar-refractivity contribution >= 4 is 17.3 Å². The lowest BCUT2D eigenvalue weighted by molar-refractivity contribution is 0.0645. The lowest BCUT2D eigenvalue weighted by atomic mass is 9.56. The van der Waals surface area contributed by atoms with Gasteiger partial charge in [-0.25, -0.2) is 0 Å². The molecule has 2 saturated carbocycles. The van der Waals surface area contributed by atoms with E-state index in [0.29, 0.717) is 0 Å². The lowest BCUT2D eigenvalue weighted by Gasteiger charge is -2.49. The van der Waals surface area contributed by atoms with Gasteiger partial charge in [-0.1, -0.05) is 44.3 Å². The molecule has 110 valence electrons. The number of rotatable bonds is 3. The van der Waals surface area contributed by atoms with Crippen LogP contribution in [0.3, 0.4) is 0 Å². The molecule has 0 saturated heterocycles. The van der Waals surface area contributed by atoms with Gasteiger partial charge >= 0.3 is 0 Å². The summed E-state index contributed by atoms with van der Waals surface area (Å²) < 4.78 is 0. The fraction of sp³-hybridized carbons (Fsp3) is 0.706. The minimum atomic E-state index is 0.741. The highest BCUT2D eigenvalue weighted by Gasteiger charge is 2.43. The molecule has 3 rings (SSSR count). The summed E-state index contributed by atoms with van der Waals surface area (Å²) in [5.41, 5.74) is 1.18. The molecule has 0 aromatic rings. The molecule has 2 N–H and O–H groups in total. The molecule has 2 nitrogen and oxygen atoms in total. The van der Waals surface area contributed by atoms with Crippen molar-refractivity contribution in [1.82, 2.24) is 10.6 Å². The van der Waals surface area contributed by atoms with Gasteiger partial charge in [-0.2, -0.15) is 0 Å². The van der Waals surface area contributed by atoms with E-state index in [-0.39, 0.29) is 0 Å². The summed E-state index contributed by atoms with van der Waals surface area (Å²) in [6.07, 6.45) is 15.8. The third-order valence-electron chi connectivity index (χ3n) is 5.28. The summed E-state index contributed by atoms with van der Waals surface area (Å²) in [4.78, 5) is 0. The Labute approximate surface area is 128 Å². The predicted octanol–water partition coefficient (Wildman–Crippen LogP) is 3.76. The number of hydrogen-bond acceptors (Lipinski definition) is 1. The topological polar surface area (TPSA) is 24.1 Å². The average Bonchev–Trinajstić information content (AvgIpc) is 2.43.